The Hall–Kier alpha value is -4.04. The molecule has 4 rings (SSSR count). The molecule has 2 aromatic rings. The maximum Gasteiger partial charge on any atom is 0.338 e. The highest BCUT2D eigenvalue weighted by molar-refractivity contribution is 5.89. The first-order valence-corrected chi connectivity index (χ1v) is 14.9. The van der Waals surface area contributed by atoms with Gasteiger partial charge in [0.2, 0.25) is 11.5 Å². The van der Waals surface area contributed by atoms with Crippen LogP contribution >= 0.6 is 0 Å². The molecule has 2 fully saturated rings. The van der Waals surface area contributed by atoms with Gasteiger partial charge in [-0.05, 0) is 48.0 Å². The number of esters is 2. The van der Waals surface area contributed by atoms with E-state index in [1.807, 2.05) is 0 Å². The van der Waals surface area contributed by atoms with Crippen LogP contribution in [0.25, 0.3) is 6.08 Å². The van der Waals surface area contributed by atoms with Gasteiger partial charge in [0.1, 0.15) is 55.6 Å². The SMILES string of the molecule is COc1ccc(C(=O)OC[C@H]2O[C@H](O[C@]3(CO)O[C@H](CO)[C@@H](O)[C@@H]3OC(=O)/C=C/c3cc(OC)c(OC)c(OC)c3)[C@H](O)[C@@H](O)[C@@H]2O)cc1. The monoisotopic (exact) mass is 696 g/mol. The minimum absolute atomic E-state index is 0.145. The maximum atomic E-state index is 13.0. The van der Waals surface area contributed by atoms with Gasteiger partial charge in [0.25, 0.3) is 0 Å². The highest BCUT2D eigenvalue weighted by Crippen LogP contribution is 2.40. The Balaban J connectivity index is 1.51. The van der Waals surface area contributed by atoms with E-state index >= 15 is 0 Å². The van der Waals surface area contributed by atoms with E-state index in [0.29, 0.717) is 28.6 Å². The van der Waals surface area contributed by atoms with Crippen molar-refractivity contribution in [2.45, 2.75) is 54.8 Å². The molecule has 0 spiro atoms. The molecule has 2 aromatic carbocycles. The number of carbonyl (C=O) groups is 2. The first kappa shape index (κ1) is 37.8. The van der Waals surface area contributed by atoms with Crippen LogP contribution < -0.4 is 18.9 Å². The van der Waals surface area contributed by atoms with Crippen molar-refractivity contribution >= 4 is 18.0 Å². The second-order valence-corrected chi connectivity index (χ2v) is 10.9. The lowest BCUT2D eigenvalue weighted by Crippen LogP contribution is -2.63. The van der Waals surface area contributed by atoms with E-state index < -0.39 is 86.6 Å². The minimum atomic E-state index is -2.46. The lowest BCUT2D eigenvalue weighted by molar-refractivity contribution is -0.383. The molecular formula is C32H40O17. The Kier molecular flexibility index (Phi) is 12.8. The van der Waals surface area contributed by atoms with Crippen molar-refractivity contribution in [1.29, 1.82) is 0 Å². The Morgan fingerprint density at radius 3 is 2.04 bits per heavy atom. The summed E-state index contributed by atoms with van der Waals surface area (Å²) in [6.07, 6.45) is -11.7. The molecule has 9 atom stereocenters. The van der Waals surface area contributed by atoms with Crippen LogP contribution in [-0.2, 0) is 28.5 Å². The highest BCUT2D eigenvalue weighted by Gasteiger charge is 2.60. The molecule has 2 saturated heterocycles. The van der Waals surface area contributed by atoms with Crippen LogP contribution in [0.2, 0.25) is 0 Å². The van der Waals surface area contributed by atoms with E-state index in [1.54, 1.807) is 12.1 Å². The van der Waals surface area contributed by atoms with Gasteiger partial charge >= 0.3 is 11.9 Å². The second kappa shape index (κ2) is 16.6. The van der Waals surface area contributed by atoms with Crippen molar-refractivity contribution in [3.05, 3.63) is 53.6 Å². The predicted molar refractivity (Wildman–Crippen MR) is 164 cm³/mol. The van der Waals surface area contributed by atoms with Crippen molar-refractivity contribution < 1.29 is 82.9 Å². The Morgan fingerprint density at radius 2 is 1.49 bits per heavy atom. The quantitative estimate of drug-likeness (QED) is 0.100. The summed E-state index contributed by atoms with van der Waals surface area (Å²) in [6, 6.07) is 9.04. The smallest absolute Gasteiger partial charge is 0.338 e. The molecule has 17 heteroatoms. The zero-order valence-electron chi connectivity index (χ0n) is 27.0. The Morgan fingerprint density at radius 1 is 0.837 bits per heavy atom. The van der Waals surface area contributed by atoms with Gasteiger partial charge in [0.05, 0.1) is 40.6 Å². The molecule has 2 heterocycles. The zero-order valence-corrected chi connectivity index (χ0v) is 27.0. The van der Waals surface area contributed by atoms with Crippen LogP contribution in [0.1, 0.15) is 15.9 Å². The van der Waals surface area contributed by atoms with Crippen molar-refractivity contribution in [3.63, 3.8) is 0 Å². The lowest BCUT2D eigenvalue weighted by atomic mass is 9.98. The molecule has 270 valence electrons. The van der Waals surface area contributed by atoms with Gasteiger partial charge in [-0.1, -0.05) is 0 Å². The van der Waals surface area contributed by atoms with Gasteiger partial charge < -0.3 is 73.3 Å². The van der Waals surface area contributed by atoms with Crippen molar-refractivity contribution in [2.24, 2.45) is 0 Å². The van der Waals surface area contributed by atoms with E-state index in [0.717, 1.165) is 6.08 Å². The number of methoxy groups -OCH3 is 4. The molecule has 0 saturated carbocycles. The van der Waals surface area contributed by atoms with Crippen molar-refractivity contribution in [2.75, 3.05) is 48.3 Å². The third kappa shape index (κ3) is 8.23. The van der Waals surface area contributed by atoms with Crippen molar-refractivity contribution in [1.82, 2.24) is 0 Å². The van der Waals surface area contributed by atoms with Crippen LogP contribution in [0.5, 0.6) is 23.0 Å². The number of carbonyl (C=O) groups excluding carboxylic acids is 2. The summed E-state index contributed by atoms with van der Waals surface area (Å²) in [5.41, 5.74) is 0.573. The van der Waals surface area contributed by atoms with Gasteiger partial charge in [-0.25, -0.2) is 9.59 Å². The van der Waals surface area contributed by atoms with Gasteiger partial charge in [-0.15, -0.1) is 0 Å². The van der Waals surface area contributed by atoms with Gasteiger partial charge in [-0.3, -0.25) is 0 Å². The van der Waals surface area contributed by atoms with Gasteiger partial charge in [0, 0.05) is 6.08 Å². The number of benzene rings is 2. The van der Waals surface area contributed by atoms with Crippen LogP contribution in [0.4, 0.5) is 0 Å². The number of rotatable bonds is 14. The first-order chi connectivity index (χ1) is 23.4. The summed E-state index contributed by atoms with van der Waals surface area (Å²) in [5, 5.41) is 63.0. The average molecular weight is 697 g/mol. The number of aliphatic hydroxyl groups is 6. The summed E-state index contributed by atoms with van der Waals surface area (Å²) >= 11 is 0. The van der Waals surface area contributed by atoms with Crippen LogP contribution in [0.3, 0.4) is 0 Å². The fraction of sp³-hybridized carbons (Fsp3) is 0.500. The molecule has 6 N–H and O–H groups in total. The van der Waals surface area contributed by atoms with E-state index in [9.17, 15) is 40.2 Å². The van der Waals surface area contributed by atoms with E-state index in [4.69, 9.17) is 42.6 Å². The number of hydrogen-bond acceptors (Lipinski definition) is 17. The Bertz CT molecular complexity index is 1420. The zero-order chi connectivity index (χ0) is 35.9. The van der Waals surface area contributed by atoms with Gasteiger partial charge in [-0.2, -0.15) is 0 Å². The summed E-state index contributed by atoms with van der Waals surface area (Å²) in [5.74, 6) is -2.88. The molecule has 0 aliphatic carbocycles. The fourth-order valence-electron chi connectivity index (χ4n) is 5.25. The number of ether oxygens (including phenoxy) is 9. The first-order valence-electron chi connectivity index (χ1n) is 14.9. The fourth-order valence-corrected chi connectivity index (χ4v) is 5.25. The van der Waals surface area contributed by atoms with Crippen molar-refractivity contribution in [3.8, 4) is 23.0 Å². The van der Waals surface area contributed by atoms with Crippen LogP contribution in [-0.4, -0.2) is 146 Å². The number of aliphatic hydroxyl groups excluding tert-OH is 6. The van der Waals surface area contributed by atoms with Gasteiger partial charge in [0.15, 0.2) is 23.9 Å². The molecular weight excluding hydrogens is 656 g/mol. The summed E-state index contributed by atoms with van der Waals surface area (Å²) in [6.45, 7) is -2.53. The molecule has 0 bridgehead atoms. The molecule has 0 amide bonds. The molecule has 0 aromatic heterocycles. The topological polar surface area (TPSA) is 239 Å². The third-order valence-corrected chi connectivity index (χ3v) is 7.91. The maximum absolute atomic E-state index is 13.0. The highest BCUT2D eigenvalue weighted by atomic mass is 16.8. The second-order valence-electron chi connectivity index (χ2n) is 10.9. The molecule has 2 aliphatic rings. The molecule has 17 nitrogen and oxygen atoms in total. The minimum Gasteiger partial charge on any atom is -0.497 e. The van der Waals surface area contributed by atoms with E-state index in [2.05, 4.69) is 0 Å². The lowest BCUT2D eigenvalue weighted by Gasteiger charge is -2.43. The Labute approximate surface area is 280 Å². The van der Waals surface area contributed by atoms with E-state index in [-0.39, 0.29) is 5.56 Å². The molecule has 2 aliphatic heterocycles. The average Bonchev–Trinajstić information content (AvgIpc) is 3.39. The number of hydrogen-bond donors (Lipinski definition) is 6. The van der Waals surface area contributed by atoms with Crippen LogP contribution in [0, 0.1) is 0 Å². The summed E-state index contributed by atoms with van der Waals surface area (Å²) < 4.78 is 48.6. The predicted octanol–water partition coefficient (Wildman–Crippen LogP) is -1.23. The normalized spacial score (nSPS) is 29.8. The summed E-state index contributed by atoms with van der Waals surface area (Å²) in [4.78, 5) is 25.5. The molecule has 49 heavy (non-hydrogen) atoms. The van der Waals surface area contributed by atoms with Crippen LogP contribution in [0.15, 0.2) is 42.5 Å². The standard InChI is InChI=1S/C32H40O17/c1-41-18-8-6-17(7-9-18)30(40)45-14-22-24(36)26(38)27(39)31(46-22)49-32(15-34)29(25(37)21(13-33)48-32)47-23(35)10-5-16-11-19(42-2)28(44-4)20(12-16)43-3/h5-12,21-22,24-27,29,31,33-34,36-39H,13-15H2,1-4H3/b10-5+/t21-,22-,24-,25-,26+,27-,29+,31-,32+/m1/s1. The molecule has 0 radical (unpaired) electrons. The largest absolute Gasteiger partial charge is 0.497 e. The van der Waals surface area contributed by atoms with E-state index in [1.165, 1.54) is 58.8 Å². The third-order valence-electron chi connectivity index (χ3n) is 7.91. The summed E-state index contributed by atoms with van der Waals surface area (Å²) in [7, 11) is 5.71. The molecule has 0 unspecified atom stereocenters.